The summed E-state index contributed by atoms with van der Waals surface area (Å²) in [5.41, 5.74) is 0.918. The van der Waals surface area contributed by atoms with Gasteiger partial charge in [0.1, 0.15) is 5.76 Å². The van der Waals surface area contributed by atoms with E-state index < -0.39 is 5.97 Å². The van der Waals surface area contributed by atoms with Crippen LogP contribution in [-0.2, 0) is 6.54 Å². The quantitative estimate of drug-likeness (QED) is 0.786. The first-order valence-corrected chi connectivity index (χ1v) is 7.02. The van der Waals surface area contributed by atoms with Gasteiger partial charge in [0.25, 0.3) is 0 Å². The number of carboxylic acids is 1. The van der Waals surface area contributed by atoms with E-state index in [1.54, 1.807) is 24.8 Å². The van der Waals surface area contributed by atoms with Crippen LogP contribution >= 0.6 is 11.8 Å². The molecule has 1 unspecified atom stereocenters. The van der Waals surface area contributed by atoms with Crippen molar-refractivity contribution in [3.63, 3.8) is 0 Å². The van der Waals surface area contributed by atoms with Crippen LogP contribution in [0.3, 0.4) is 0 Å². The van der Waals surface area contributed by atoms with Gasteiger partial charge in [-0.3, -0.25) is 0 Å². The Morgan fingerprint density at radius 2 is 2.35 bits per heavy atom. The Bertz CT molecular complexity index is 376. The standard InChI is InChI=1S/C12H19NO3S/c1-4-10(7-17-3)13-6-9-5-11(12(14)15)16-8(9)2/h5,10,13H,4,6-7H2,1-3H3,(H,14,15). The zero-order chi connectivity index (χ0) is 12.8. The molecule has 0 saturated carbocycles. The molecule has 0 aromatic carbocycles. The van der Waals surface area contributed by atoms with Gasteiger partial charge in [-0.2, -0.15) is 11.8 Å². The molecule has 2 N–H and O–H groups in total. The third-order valence-corrected chi connectivity index (χ3v) is 3.41. The van der Waals surface area contributed by atoms with Gasteiger partial charge >= 0.3 is 5.97 Å². The molecule has 1 heterocycles. The Balaban J connectivity index is 2.59. The normalized spacial score (nSPS) is 12.6. The molecule has 4 nitrogen and oxygen atoms in total. The van der Waals surface area contributed by atoms with Gasteiger partial charge in [0.2, 0.25) is 5.76 Å². The summed E-state index contributed by atoms with van der Waals surface area (Å²) >= 11 is 1.80. The minimum Gasteiger partial charge on any atom is -0.475 e. The number of carbonyl (C=O) groups is 1. The molecule has 5 heteroatoms. The molecule has 1 aromatic heterocycles. The number of furan rings is 1. The van der Waals surface area contributed by atoms with Gasteiger partial charge < -0.3 is 14.8 Å². The van der Waals surface area contributed by atoms with E-state index in [0.29, 0.717) is 18.3 Å². The second-order valence-corrected chi connectivity index (χ2v) is 4.85. The smallest absolute Gasteiger partial charge is 0.371 e. The average Bonchev–Trinajstić information content (AvgIpc) is 2.66. The second kappa shape index (κ2) is 6.71. The van der Waals surface area contributed by atoms with Crippen LogP contribution in [0.15, 0.2) is 10.5 Å². The van der Waals surface area contributed by atoms with Crippen LogP contribution in [-0.4, -0.2) is 29.1 Å². The van der Waals surface area contributed by atoms with Crippen LogP contribution in [0.4, 0.5) is 0 Å². The number of carboxylic acid groups (broad SMARTS) is 1. The predicted octanol–water partition coefficient (Wildman–Crippen LogP) is 2.52. The maximum absolute atomic E-state index is 10.7. The first-order valence-electron chi connectivity index (χ1n) is 5.63. The maximum atomic E-state index is 10.7. The van der Waals surface area contributed by atoms with Crippen LogP contribution in [0.1, 0.15) is 35.2 Å². The van der Waals surface area contributed by atoms with Crippen molar-refractivity contribution in [2.45, 2.75) is 32.9 Å². The molecule has 0 aliphatic rings. The van der Waals surface area contributed by atoms with Gasteiger partial charge in [0.15, 0.2) is 0 Å². The molecule has 0 radical (unpaired) electrons. The highest BCUT2D eigenvalue weighted by Crippen LogP contribution is 2.15. The van der Waals surface area contributed by atoms with Crippen molar-refractivity contribution in [3.8, 4) is 0 Å². The average molecular weight is 257 g/mol. The van der Waals surface area contributed by atoms with Crippen molar-refractivity contribution >= 4 is 17.7 Å². The van der Waals surface area contributed by atoms with Crippen molar-refractivity contribution in [1.29, 1.82) is 0 Å². The number of nitrogens with one attached hydrogen (secondary N) is 1. The molecular weight excluding hydrogens is 238 g/mol. The fourth-order valence-electron chi connectivity index (χ4n) is 1.58. The third kappa shape index (κ3) is 4.09. The van der Waals surface area contributed by atoms with E-state index in [-0.39, 0.29) is 5.76 Å². The van der Waals surface area contributed by atoms with Crippen LogP contribution in [0.5, 0.6) is 0 Å². The van der Waals surface area contributed by atoms with E-state index in [2.05, 4.69) is 18.5 Å². The molecule has 0 spiro atoms. The van der Waals surface area contributed by atoms with Gasteiger partial charge in [-0.25, -0.2) is 4.79 Å². The van der Waals surface area contributed by atoms with Crippen molar-refractivity contribution in [2.24, 2.45) is 0 Å². The summed E-state index contributed by atoms with van der Waals surface area (Å²) in [7, 11) is 0. The lowest BCUT2D eigenvalue weighted by Crippen LogP contribution is -2.30. The van der Waals surface area contributed by atoms with Crippen molar-refractivity contribution < 1.29 is 14.3 Å². The van der Waals surface area contributed by atoms with Crippen LogP contribution in [0.2, 0.25) is 0 Å². The number of hydrogen-bond donors (Lipinski definition) is 2. The summed E-state index contributed by atoms with van der Waals surface area (Å²) in [6, 6.07) is 2.05. The molecule has 1 aromatic rings. The fraction of sp³-hybridized carbons (Fsp3) is 0.583. The number of thioether (sulfide) groups is 1. The van der Waals surface area contributed by atoms with Gasteiger partial charge in [-0.15, -0.1) is 0 Å². The highest BCUT2D eigenvalue weighted by molar-refractivity contribution is 7.98. The van der Waals surface area contributed by atoms with E-state index in [1.165, 1.54) is 0 Å². The molecule has 0 saturated heterocycles. The lowest BCUT2D eigenvalue weighted by molar-refractivity contribution is 0.0661. The van der Waals surface area contributed by atoms with Crippen molar-refractivity contribution in [3.05, 3.63) is 23.2 Å². The zero-order valence-electron chi connectivity index (χ0n) is 10.4. The molecule has 0 aliphatic heterocycles. The zero-order valence-corrected chi connectivity index (χ0v) is 11.3. The van der Waals surface area contributed by atoms with Gasteiger partial charge in [-0.05, 0) is 25.7 Å². The monoisotopic (exact) mass is 257 g/mol. The third-order valence-electron chi connectivity index (χ3n) is 2.67. The summed E-state index contributed by atoms with van der Waals surface area (Å²) in [5, 5.41) is 12.2. The summed E-state index contributed by atoms with van der Waals surface area (Å²) in [5.74, 6) is 0.723. The topological polar surface area (TPSA) is 62.5 Å². The van der Waals surface area contributed by atoms with Gasteiger partial charge in [-0.1, -0.05) is 6.92 Å². The lowest BCUT2D eigenvalue weighted by atomic mass is 10.2. The number of aromatic carboxylic acids is 1. The highest BCUT2D eigenvalue weighted by Gasteiger charge is 2.13. The maximum Gasteiger partial charge on any atom is 0.371 e. The number of rotatable bonds is 7. The minimum atomic E-state index is -1.02. The Kier molecular flexibility index (Phi) is 5.58. The van der Waals surface area contributed by atoms with E-state index in [0.717, 1.165) is 17.7 Å². The van der Waals surface area contributed by atoms with E-state index in [9.17, 15) is 4.79 Å². The van der Waals surface area contributed by atoms with Gasteiger partial charge in [0, 0.05) is 23.9 Å². The molecule has 1 atom stereocenters. The molecule has 96 valence electrons. The Labute approximate surface area is 106 Å². The van der Waals surface area contributed by atoms with E-state index in [4.69, 9.17) is 9.52 Å². The van der Waals surface area contributed by atoms with E-state index >= 15 is 0 Å². The summed E-state index contributed by atoms with van der Waals surface area (Å²) in [6.45, 7) is 4.58. The number of hydrogen-bond acceptors (Lipinski definition) is 4. The molecule has 1 rings (SSSR count). The number of aryl methyl sites for hydroxylation is 1. The summed E-state index contributed by atoms with van der Waals surface area (Å²) in [4.78, 5) is 10.7. The van der Waals surface area contributed by atoms with Crippen molar-refractivity contribution in [2.75, 3.05) is 12.0 Å². The first-order chi connectivity index (χ1) is 8.08. The summed E-state index contributed by atoms with van der Waals surface area (Å²) < 4.78 is 5.16. The molecule has 0 bridgehead atoms. The largest absolute Gasteiger partial charge is 0.475 e. The SMILES string of the molecule is CCC(CSC)NCc1cc(C(=O)O)oc1C. The second-order valence-electron chi connectivity index (χ2n) is 3.94. The Morgan fingerprint density at radius 3 is 2.82 bits per heavy atom. The molecule has 0 fully saturated rings. The predicted molar refractivity (Wildman–Crippen MR) is 69.7 cm³/mol. The highest BCUT2D eigenvalue weighted by atomic mass is 32.2. The Morgan fingerprint density at radius 1 is 1.65 bits per heavy atom. The molecule has 17 heavy (non-hydrogen) atoms. The molecular formula is C12H19NO3S. The van der Waals surface area contributed by atoms with Crippen LogP contribution in [0.25, 0.3) is 0 Å². The van der Waals surface area contributed by atoms with Gasteiger partial charge in [0.05, 0.1) is 0 Å². The van der Waals surface area contributed by atoms with E-state index in [1.807, 2.05) is 0 Å². The fourth-order valence-corrected chi connectivity index (χ4v) is 2.33. The summed E-state index contributed by atoms with van der Waals surface area (Å²) in [6.07, 6.45) is 3.14. The van der Waals surface area contributed by atoms with Crippen molar-refractivity contribution in [1.82, 2.24) is 5.32 Å². The van der Waals surface area contributed by atoms with Crippen LogP contribution in [0, 0.1) is 6.92 Å². The van der Waals surface area contributed by atoms with Crippen LogP contribution < -0.4 is 5.32 Å². The molecule has 0 amide bonds. The Hall–Kier alpha value is -0.940. The minimum absolute atomic E-state index is 0.0113. The molecule has 0 aliphatic carbocycles. The first kappa shape index (κ1) is 14.1. The lowest BCUT2D eigenvalue weighted by Gasteiger charge is -2.15.